The summed E-state index contributed by atoms with van der Waals surface area (Å²) in [5.74, 6) is 0. The molecule has 0 fully saturated rings. The summed E-state index contributed by atoms with van der Waals surface area (Å²) in [6.07, 6.45) is 1.94. The standard InChI is InChI=1S/C11H19IOSi/c1-4-14(5-2,6-3)11-7-10(8-12)9-13-11/h7,9H,4-6,8H2,1-3H3. The van der Waals surface area contributed by atoms with Crippen LogP contribution in [0.25, 0.3) is 0 Å². The third kappa shape index (κ3) is 2.24. The molecular weight excluding hydrogens is 303 g/mol. The SMILES string of the molecule is CC[Si](CC)(CC)c1cc(CI)co1. The fraction of sp³-hybridized carbons (Fsp3) is 0.636. The van der Waals surface area contributed by atoms with Gasteiger partial charge in [0.05, 0.1) is 11.6 Å². The molecule has 0 spiro atoms. The normalized spacial score (nSPS) is 12.0. The Morgan fingerprint density at radius 3 is 2.14 bits per heavy atom. The maximum absolute atomic E-state index is 5.75. The van der Waals surface area contributed by atoms with Gasteiger partial charge in [-0.25, -0.2) is 0 Å². The number of hydrogen-bond acceptors (Lipinski definition) is 1. The second-order valence-electron chi connectivity index (χ2n) is 3.79. The zero-order chi connectivity index (χ0) is 10.6. The molecule has 14 heavy (non-hydrogen) atoms. The summed E-state index contributed by atoms with van der Waals surface area (Å²) in [4.78, 5) is 0. The first-order valence-electron chi connectivity index (χ1n) is 5.36. The van der Waals surface area contributed by atoms with E-state index in [4.69, 9.17) is 4.42 Å². The highest BCUT2D eigenvalue weighted by molar-refractivity contribution is 14.1. The Kier molecular flexibility index (Phi) is 4.70. The zero-order valence-corrected chi connectivity index (χ0v) is 12.4. The van der Waals surface area contributed by atoms with Crippen molar-refractivity contribution >= 4 is 36.0 Å². The van der Waals surface area contributed by atoms with Gasteiger partial charge in [0.1, 0.15) is 8.07 Å². The predicted molar refractivity (Wildman–Crippen MR) is 73.3 cm³/mol. The summed E-state index contributed by atoms with van der Waals surface area (Å²) in [5.41, 5.74) is 1.34. The van der Waals surface area contributed by atoms with E-state index in [0.717, 1.165) is 4.43 Å². The Morgan fingerprint density at radius 1 is 1.21 bits per heavy atom. The highest BCUT2D eigenvalue weighted by atomic mass is 127. The minimum absolute atomic E-state index is 1.06. The van der Waals surface area contributed by atoms with Gasteiger partial charge in [-0.1, -0.05) is 61.5 Å². The third-order valence-corrected chi connectivity index (χ3v) is 9.61. The topological polar surface area (TPSA) is 13.1 Å². The van der Waals surface area contributed by atoms with Crippen molar-refractivity contribution in [2.24, 2.45) is 0 Å². The Bertz CT molecular complexity index is 270. The van der Waals surface area contributed by atoms with Crippen LogP contribution >= 0.6 is 22.6 Å². The summed E-state index contributed by atoms with van der Waals surface area (Å²) >= 11 is 2.39. The molecule has 0 amide bonds. The van der Waals surface area contributed by atoms with E-state index >= 15 is 0 Å². The maximum Gasteiger partial charge on any atom is 0.131 e. The van der Waals surface area contributed by atoms with Crippen LogP contribution in [0.2, 0.25) is 18.1 Å². The molecule has 0 unspecified atom stereocenters. The van der Waals surface area contributed by atoms with Gasteiger partial charge in [-0.3, -0.25) is 0 Å². The van der Waals surface area contributed by atoms with Crippen LogP contribution in [0.3, 0.4) is 0 Å². The Balaban J connectivity index is 2.98. The molecule has 3 heteroatoms. The van der Waals surface area contributed by atoms with Crippen LogP contribution in [0.1, 0.15) is 26.3 Å². The molecule has 0 aliphatic rings. The van der Waals surface area contributed by atoms with Gasteiger partial charge in [0.25, 0.3) is 0 Å². The van der Waals surface area contributed by atoms with E-state index in [-0.39, 0.29) is 0 Å². The molecule has 0 bridgehead atoms. The summed E-state index contributed by atoms with van der Waals surface area (Å²) in [6, 6.07) is 6.19. The number of halogens is 1. The molecule has 1 aromatic rings. The van der Waals surface area contributed by atoms with Gasteiger partial charge < -0.3 is 4.42 Å². The second kappa shape index (κ2) is 5.35. The molecule has 1 nitrogen and oxygen atoms in total. The summed E-state index contributed by atoms with van der Waals surface area (Å²) < 4.78 is 6.81. The Hall–Kier alpha value is 0.227. The van der Waals surface area contributed by atoms with Crippen molar-refractivity contribution in [3.63, 3.8) is 0 Å². The van der Waals surface area contributed by atoms with Crippen molar-refractivity contribution in [3.8, 4) is 0 Å². The summed E-state index contributed by atoms with van der Waals surface area (Å²) in [7, 11) is -1.26. The largest absolute Gasteiger partial charge is 0.474 e. The zero-order valence-electron chi connectivity index (χ0n) is 9.27. The molecule has 1 rings (SSSR count). The first kappa shape index (κ1) is 12.3. The molecule has 0 saturated carbocycles. The number of alkyl halides is 1. The smallest absolute Gasteiger partial charge is 0.131 e. The van der Waals surface area contributed by atoms with E-state index in [9.17, 15) is 0 Å². The van der Waals surface area contributed by atoms with Gasteiger partial charge in [-0.2, -0.15) is 0 Å². The van der Waals surface area contributed by atoms with Crippen molar-refractivity contribution in [2.45, 2.75) is 43.3 Å². The number of furan rings is 1. The Morgan fingerprint density at radius 2 is 1.79 bits per heavy atom. The number of rotatable bonds is 5. The average Bonchev–Trinajstić information content (AvgIpc) is 2.71. The molecular formula is C11H19IOSi. The molecule has 0 radical (unpaired) electrons. The van der Waals surface area contributed by atoms with Crippen LogP contribution in [0.4, 0.5) is 0 Å². The van der Waals surface area contributed by atoms with Crippen molar-refractivity contribution in [2.75, 3.05) is 0 Å². The fourth-order valence-electron chi connectivity index (χ4n) is 2.00. The van der Waals surface area contributed by atoms with E-state index in [1.807, 2.05) is 6.26 Å². The van der Waals surface area contributed by atoms with Gasteiger partial charge in [0.2, 0.25) is 0 Å². The van der Waals surface area contributed by atoms with Gasteiger partial charge >= 0.3 is 0 Å². The van der Waals surface area contributed by atoms with Crippen molar-refractivity contribution < 1.29 is 4.42 Å². The van der Waals surface area contributed by atoms with Crippen LogP contribution in [0.5, 0.6) is 0 Å². The lowest BCUT2D eigenvalue weighted by molar-refractivity contribution is 0.593. The molecule has 0 atom stereocenters. The molecule has 1 aromatic heterocycles. The van der Waals surface area contributed by atoms with Crippen molar-refractivity contribution in [3.05, 3.63) is 17.9 Å². The predicted octanol–water partition coefficient (Wildman–Crippen LogP) is 3.93. The lowest BCUT2D eigenvalue weighted by Gasteiger charge is -2.24. The van der Waals surface area contributed by atoms with Crippen LogP contribution < -0.4 is 5.38 Å². The quantitative estimate of drug-likeness (QED) is 0.455. The highest BCUT2D eigenvalue weighted by Crippen LogP contribution is 2.21. The van der Waals surface area contributed by atoms with E-state index in [1.54, 1.807) is 0 Å². The number of hydrogen-bond donors (Lipinski definition) is 0. The van der Waals surface area contributed by atoms with E-state index in [1.165, 1.54) is 29.1 Å². The fourth-order valence-corrected chi connectivity index (χ4v) is 5.74. The van der Waals surface area contributed by atoms with Gasteiger partial charge in [-0.05, 0) is 11.6 Å². The van der Waals surface area contributed by atoms with Crippen LogP contribution in [0.15, 0.2) is 16.7 Å². The van der Waals surface area contributed by atoms with Crippen molar-refractivity contribution in [1.29, 1.82) is 0 Å². The van der Waals surface area contributed by atoms with Crippen LogP contribution in [-0.2, 0) is 4.43 Å². The van der Waals surface area contributed by atoms with E-state index in [2.05, 4.69) is 49.4 Å². The molecule has 80 valence electrons. The van der Waals surface area contributed by atoms with Gasteiger partial charge in [0, 0.05) is 4.43 Å². The monoisotopic (exact) mass is 322 g/mol. The summed E-state index contributed by atoms with van der Waals surface area (Å²) in [5, 5.41) is 1.32. The maximum atomic E-state index is 5.75. The lowest BCUT2D eigenvalue weighted by atomic mass is 10.4. The molecule has 0 aliphatic heterocycles. The minimum Gasteiger partial charge on any atom is -0.474 e. The first-order valence-corrected chi connectivity index (χ1v) is 9.51. The first-order chi connectivity index (χ1) is 6.72. The third-order valence-electron chi connectivity index (χ3n) is 3.36. The van der Waals surface area contributed by atoms with E-state index < -0.39 is 8.07 Å². The molecule has 0 aromatic carbocycles. The van der Waals surface area contributed by atoms with Crippen LogP contribution in [0, 0.1) is 0 Å². The molecule has 1 heterocycles. The van der Waals surface area contributed by atoms with E-state index in [0.29, 0.717) is 0 Å². The van der Waals surface area contributed by atoms with Crippen LogP contribution in [-0.4, -0.2) is 8.07 Å². The molecule has 0 aliphatic carbocycles. The molecule has 0 saturated heterocycles. The average molecular weight is 322 g/mol. The minimum atomic E-state index is -1.26. The summed E-state index contributed by atoms with van der Waals surface area (Å²) in [6.45, 7) is 6.93. The second-order valence-corrected chi connectivity index (χ2v) is 9.73. The van der Waals surface area contributed by atoms with Gasteiger partial charge in [0.15, 0.2) is 0 Å². The van der Waals surface area contributed by atoms with Gasteiger partial charge in [-0.15, -0.1) is 0 Å². The molecule has 0 N–H and O–H groups in total. The van der Waals surface area contributed by atoms with Crippen molar-refractivity contribution in [1.82, 2.24) is 0 Å². The lowest BCUT2D eigenvalue weighted by Crippen LogP contribution is -2.44. The Labute approximate surface area is 101 Å². The highest BCUT2D eigenvalue weighted by Gasteiger charge is 2.32.